The highest BCUT2D eigenvalue weighted by atomic mass is 16.5. The molecule has 4 nitrogen and oxygen atoms in total. The number of hydrogen-bond acceptors (Lipinski definition) is 4. The number of carbonyl (C=O) groups excluding carboxylic acids is 1. The fourth-order valence-electron chi connectivity index (χ4n) is 1.49. The van der Waals surface area contributed by atoms with E-state index in [2.05, 4.69) is 11.9 Å². The zero-order valence-corrected chi connectivity index (χ0v) is 9.85. The highest BCUT2D eigenvalue weighted by molar-refractivity contribution is 5.75. The van der Waals surface area contributed by atoms with Crippen molar-refractivity contribution in [3.8, 4) is 0 Å². The van der Waals surface area contributed by atoms with E-state index in [1.165, 1.54) is 0 Å². The third kappa shape index (κ3) is 3.88. The van der Waals surface area contributed by atoms with Crippen molar-refractivity contribution in [1.82, 2.24) is 4.98 Å². The molecule has 0 saturated carbocycles. The molecule has 1 heterocycles. The molecule has 4 heteroatoms. The van der Waals surface area contributed by atoms with Crippen molar-refractivity contribution in [2.75, 3.05) is 24.6 Å². The van der Waals surface area contributed by atoms with Crippen LogP contribution in [-0.2, 0) is 9.53 Å². The third-order valence-corrected chi connectivity index (χ3v) is 2.15. The van der Waals surface area contributed by atoms with E-state index in [1.807, 2.05) is 24.0 Å². The largest absolute Gasteiger partial charge is 0.465 e. The second-order valence-electron chi connectivity index (χ2n) is 3.43. The summed E-state index contributed by atoms with van der Waals surface area (Å²) in [5.74, 6) is -0.187. The van der Waals surface area contributed by atoms with Crippen molar-refractivity contribution in [2.45, 2.75) is 20.3 Å². The number of pyridine rings is 1. The van der Waals surface area contributed by atoms with Gasteiger partial charge in [0.05, 0.1) is 6.61 Å². The third-order valence-electron chi connectivity index (χ3n) is 2.15. The average molecular weight is 222 g/mol. The number of anilines is 1. The molecule has 0 aliphatic rings. The number of carbonyl (C=O) groups is 1. The van der Waals surface area contributed by atoms with Crippen LogP contribution in [0, 0.1) is 0 Å². The van der Waals surface area contributed by atoms with Gasteiger partial charge in [0.25, 0.3) is 0 Å². The van der Waals surface area contributed by atoms with Crippen molar-refractivity contribution >= 4 is 11.7 Å². The normalized spacial score (nSPS) is 9.88. The Morgan fingerprint density at radius 1 is 1.38 bits per heavy atom. The molecule has 1 aromatic rings. The summed E-state index contributed by atoms with van der Waals surface area (Å²) in [6.45, 7) is 5.46. The summed E-state index contributed by atoms with van der Waals surface area (Å²) in [4.78, 5) is 17.4. The Morgan fingerprint density at radius 3 is 2.62 bits per heavy atom. The van der Waals surface area contributed by atoms with Crippen LogP contribution in [0.15, 0.2) is 24.5 Å². The smallest absolute Gasteiger partial charge is 0.325 e. The van der Waals surface area contributed by atoms with E-state index in [0.717, 1.165) is 18.7 Å². The summed E-state index contributed by atoms with van der Waals surface area (Å²) in [5.41, 5.74) is 1.00. The Hall–Kier alpha value is -1.58. The lowest BCUT2D eigenvalue weighted by Gasteiger charge is -2.22. The molecule has 88 valence electrons. The van der Waals surface area contributed by atoms with Crippen LogP contribution >= 0.6 is 0 Å². The molecule has 0 saturated heterocycles. The van der Waals surface area contributed by atoms with Gasteiger partial charge >= 0.3 is 5.97 Å². The number of hydrogen-bond donors (Lipinski definition) is 0. The highest BCUT2D eigenvalue weighted by Gasteiger charge is 2.10. The Balaban J connectivity index is 2.64. The molecule has 0 amide bonds. The molecular formula is C12H18N2O2. The van der Waals surface area contributed by atoms with Crippen LogP contribution < -0.4 is 4.90 Å². The zero-order valence-electron chi connectivity index (χ0n) is 9.85. The van der Waals surface area contributed by atoms with E-state index in [1.54, 1.807) is 12.4 Å². The van der Waals surface area contributed by atoms with Crippen molar-refractivity contribution in [1.29, 1.82) is 0 Å². The number of ether oxygens (including phenoxy) is 1. The fourth-order valence-corrected chi connectivity index (χ4v) is 1.49. The summed E-state index contributed by atoms with van der Waals surface area (Å²) < 4.78 is 4.94. The van der Waals surface area contributed by atoms with E-state index < -0.39 is 0 Å². The number of esters is 1. The van der Waals surface area contributed by atoms with E-state index in [4.69, 9.17) is 4.74 Å². The Morgan fingerprint density at radius 2 is 2.06 bits per heavy atom. The fraction of sp³-hybridized carbons (Fsp3) is 0.500. The van der Waals surface area contributed by atoms with Crippen molar-refractivity contribution in [3.63, 3.8) is 0 Å². The second kappa shape index (κ2) is 6.82. The van der Waals surface area contributed by atoms with Gasteiger partial charge in [0.1, 0.15) is 6.54 Å². The van der Waals surface area contributed by atoms with Gasteiger partial charge in [-0.2, -0.15) is 0 Å². The minimum Gasteiger partial charge on any atom is -0.465 e. The first kappa shape index (κ1) is 12.5. The van der Waals surface area contributed by atoms with Gasteiger partial charge in [-0.25, -0.2) is 0 Å². The molecule has 0 aromatic carbocycles. The summed E-state index contributed by atoms with van der Waals surface area (Å²) in [5, 5.41) is 0. The number of rotatable bonds is 6. The molecule has 0 bridgehead atoms. The molecule has 0 unspecified atom stereocenters. The lowest BCUT2D eigenvalue weighted by atomic mass is 10.3. The van der Waals surface area contributed by atoms with Crippen molar-refractivity contribution in [3.05, 3.63) is 24.5 Å². The van der Waals surface area contributed by atoms with Crippen molar-refractivity contribution < 1.29 is 9.53 Å². The minimum atomic E-state index is -0.187. The van der Waals surface area contributed by atoms with E-state index in [-0.39, 0.29) is 5.97 Å². The minimum absolute atomic E-state index is 0.187. The topological polar surface area (TPSA) is 42.4 Å². The monoisotopic (exact) mass is 222 g/mol. The van der Waals surface area contributed by atoms with Crippen LogP contribution in [0.25, 0.3) is 0 Å². The molecule has 1 aromatic heterocycles. The molecule has 0 N–H and O–H groups in total. The lowest BCUT2D eigenvalue weighted by Crippen LogP contribution is -2.31. The maximum Gasteiger partial charge on any atom is 0.325 e. The quantitative estimate of drug-likeness (QED) is 0.689. The first-order valence-electron chi connectivity index (χ1n) is 5.58. The van der Waals surface area contributed by atoms with Crippen LogP contribution in [0.2, 0.25) is 0 Å². The van der Waals surface area contributed by atoms with Gasteiger partial charge in [-0.1, -0.05) is 6.92 Å². The van der Waals surface area contributed by atoms with Gasteiger partial charge in [0.15, 0.2) is 0 Å². The van der Waals surface area contributed by atoms with Gasteiger partial charge in [-0.05, 0) is 25.5 Å². The second-order valence-corrected chi connectivity index (χ2v) is 3.43. The van der Waals surface area contributed by atoms with Crippen LogP contribution in [-0.4, -0.2) is 30.6 Å². The number of aromatic nitrogens is 1. The van der Waals surface area contributed by atoms with E-state index in [0.29, 0.717) is 13.2 Å². The summed E-state index contributed by atoms with van der Waals surface area (Å²) in [6, 6.07) is 3.80. The van der Waals surface area contributed by atoms with Crippen LogP contribution in [0.3, 0.4) is 0 Å². The van der Waals surface area contributed by atoms with E-state index >= 15 is 0 Å². The Bertz CT molecular complexity index is 314. The summed E-state index contributed by atoms with van der Waals surface area (Å²) >= 11 is 0. The highest BCUT2D eigenvalue weighted by Crippen LogP contribution is 2.12. The van der Waals surface area contributed by atoms with Gasteiger partial charge in [-0.15, -0.1) is 0 Å². The summed E-state index contributed by atoms with van der Waals surface area (Å²) in [7, 11) is 0. The van der Waals surface area contributed by atoms with Crippen LogP contribution in [0.1, 0.15) is 20.3 Å². The van der Waals surface area contributed by atoms with Gasteiger partial charge in [0, 0.05) is 24.6 Å². The molecule has 16 heavy (non-hydrogen) atoms. The van der Waals surface area contributed by atoms with Crippen LogP contribution in [0.4, 0.5) is 5.69 Å². The zero-order chi connectivity index (χ0) is 11.8. The van der Waals surface area contributed by atoms with Gasteiger partial charge < -0.3 is 9.64 Å². The lowest BCUT2D eigenvalue weighted by molar-refractivity contribution is -0.141. The number of nitrogens with zero attached hydrogens (tertiary/aromatic N) is 2. The molecule has 0 spiro atoms. The van der Waals surface area contributed by atoms with Crippen LogP contribution in [0.5, 0.6) is 0 Å². The standard InChI is InChI=1S/C12H18N2O2/c1-3-9-14(10-12(15)16-4-2)11-5-7-13-8-6-11/h5-8H,3-4,9-10H2,1-2H3. The SMILES string of the molecule is CCCN(CC(=O)OCC)c1ccncc1. The molecule has 0 aliphatic heterocycles. The predicted octanol–water partition coefficient (Wildman–Crippen LogP) is 1.86. The molecule has 1 rings (SSSR count). The average Bonchev–Trinajstić information content (AvgIpc) is 2.30. The summed E-state index contributed by atoms with van der Waals surface area (Å²) in [6.07, 6.45) is 4.44. The molecular weight excluding hydrogens is 204 g/mol. The Labute approximate surface area is 96.2 Å². The maximum atomic E-state index is 11.4. The first-order valence-corrected chi connectivity index (χ1v) is 5.58. The molecule has 0 fully saturated rings. The van der Waals surface area contributed by atoms with Crippen molar-refractivity contribution in [2.24, 2.45) is 0 Å². The van der Waals surface area contributed by atoms with Gasteiger partial charge in [0.2, 0.25) is 0 Å². The van der Waals surface area contributed by atoms with Gasteiger partial charge in [-0.3, -0.25) is 9.78 Å². The first-order chi connectivity index (χ1) is 7.77. The Kier molecular flexibility index (Phi) is 5.32. The maximum absolute atomic E-state index is 11.4. The predicted molar refractivity (Wildman–Crippen MR) is 63.4 cm³/mol. The molecule has 0 radical (unpaired) electrons. The van der Waals surface area contributed by atoms with E-state index in [9.17, 15) is 4.79 Å². The molecule has 0 aliphatic carbocycles. The molecule has 0 atom stereocenters.